The van der Waals surface area contributed by atoms with Crippen LogP contribution in [0.15, 0.2) is 36.4 Å². The van der Waals surface area contributed by atoms with Crippen molar-refractivity contribution in [1.29, 1.82) is 10.7 Å². The van der Waals surface area contributed by atoms with Gasteiger partial charge in [0.15, 0.2) is 0 Å². The lowest BCUT2D eigenvalue weighted by molar-refractivity contribution is 0.0842. The van der Waals surface area contributed by atoms with Crippen LogP contribution in [0, 0.1) is 22.6 Å². The fourth-order valence-corrected chi connectivity index (χ4v) is 3.85. The van der Waals surface area contributed by atoms with Crippen LogP contribution in [0.25, 0.3) is 16.6 Å². The van der Waals surface area contributed by atoms with Crippen molar-refractivity contribution in [2.24, 2.45) is 0 Å². The number of rotatable bonds is 3. The third kappa shape index (κ3) is 2.86. The first-order valence-electron chi connectivity index (χ1n) is 8.86. The highest BCUT2D eigenvalue weighted by Crippen LogP contribution is 2.39. The number of nitriles is 1. The smallest absolute Gasteiger partial charge is 0.123 e. The van der Waals surface area contributed by atoms with Gasteiger partial charge in [-0.2, -0.15) is 5.26 Å². The molecule has 27 heavy (non-hydrogen) atoms. The van der Waals surface area contributed by atoms with Crippen molar-refractivity contribution in [2.75, 3.05) is 18.9 Å². The van der Waals surface area contributed by atoms with Gasteiger partial charge in [-0.05, 0) is 49.2 Å². The average Bonchev–Trinajstić information content (AvgIpc) is 3.01. The van der Waals surface area contributed by atoms with Crippen LogP contribution >= 0.6 is 0 Å². The normalized spacial score (nSPS) is 15.0. The van der Waals surface area contributed by atoms with E-state index in [1.165, 1.54) is 18.3 Å². The van der Waals surface area contributed by atoms with Crippen molar-refractivity contribution in [2.45, 2.75) is 18.8 Å². The number of ether oxygens (including phenoxy) is 1. The van der Waals surface area contributed by atoms with Gasteiger partial charge in [0.25, 0.3) is 0 Å². The van der Waals surface area contributed by atoms with E-state index in [-0.39, 0.29) is 11.7 Å². The van der Waals surface area contributed by atoms with Gasteiger partial charge in [-0.15, -0.1) is 0 Å². The number of halogens is 1. The van der Waals surface area contributed by atoms with Crippen molar-refractivity contribution >= 4 is 22.8 Å². The van der Waals surface area contributed by atoms with E-state index >= 15 is 0 Å². The summed E-state index contributed by atoms with van der Waals surface area (Å²) in [7, 11) is 0. The number of hydrogen-bond donors (Lipinski definition) is 2. The van der Waals surface area contributed by atoms with E-state index in [2.05, 4.69) is 6.07 Å². The number of benzene rings is 2. The molecule has 1 aliphatic rings. The molecule has 2 aromatic carbocycles. The molecule has 1 saturated heterocycles. The molecule has 0 aliphatic carbocycles. The maximum atomic E-state index is 13.5. The minimum absolute atomic E-state index is 0.163. The third-order valence-electron chi connectivity index (χ3n) is 5.17. The Morgan fingerprint density at radius 1 is 1.22 bits per heavy atom. The Kier molecular flexibility index (Phi) is 4.38. The first-order valence-corrected chi connectivity index (χ1v) is 8.86. The lowest BCUT2D eigenvalue weighted by atomic mass is 9.93. The molecule has 3 N–H and O–H groups in total. The predicted molar refractivity (Wildman–Crippen MR) is 103 cm³/mol. The fourth-order valence-electron chi connectivity index (χ4n) is 3.85. The minimum Gasteiger partial charge on any atom is -0.398 e. The Bertz CT molecular complexity index is 1060. The maximum absolute atomic E-state index is 13.5. The molecule has 6 heteroatoms. The highest BCUT2D eigenvalue weighted by Gasteiger charge is 2.27. The molecule has 1 aliphatic heterocycles. The lowest BCUT2D eigenvalue weighted by Crippen LogP contribution is -2.17. The Morgan fingerprint density at radius 2 is 1.93 bits per heavy atom. The number of nitrogens with two attached hydrogens (primary N) is 1. The first kappa shape index (κ1) is 17.3. The molecule has 0 atom stereocenters. The first-order chi connectivity index (χ1) is 13.1. The number of nitrogen functional groups attached to an aromatic ring is 1. The van der Waals surface area contributed by atoms with Crippen LogP contribution in [0.1, 0.15) is 35.6 Å². The summed E-state index contributed by atoms with van der Waals surface area (Å²) in [4.78, 5) is 0. The van der Waals surface area contributed by atoms with Crippen LogP contribution in [0.3, 0.4) is 0 Å². The second kappa shape index (κ2) is 6.86. The maximum Gasteiger partial charge on any atom is 0.123 e. The van der Waals surface area contributed by atoms with Gasteiger partial charge in [-0.1, -0.05) is 0 Å². The molecular weight excluding hydrogens is 343 g/mol. The zero-order chi connectivity index (χ0) is 19.0. The summed E-state index contributed by atoms with van der Waals surface area (Å²) >= 11 is 0. The molecule has 5 nitrogen and oxygen atoms in total. The van der Waals surface area contributed by atoms with Crippen LogP contribution in [0.4, 0.5) is 10.1 Å². The van der Waals surface area contributed by atoms with E-state index in [0.717, 1.165) is 35.1 Å². The monoisotopic (exact) mass is 362 g/mol. The Morgan fingerprint density at radius 3 is 2.56 bits per heavy atom. The minimum atomic E-state index is -0.312. The summed E-state index contributed by atoms with van der Waals surface area (Å²) in [6.07, 6.45) is 2.84. The van der Waals surface area contributed by atoms with E-state index in [4.69, 9.17) is 15.9 Å². The van der Waals surface area contributed by atoms with Crippen LogP contribution < -0.4 is 5.73 Å². The number of fused-ring (bicyclic) bond motifs is 1. The summed E-state index contributed by atoms with van der Waals surface area (Å²) < 4.78 is 21.0. The van der Waals surface area contributed by atoms with E-state index in [9.17, 15) is 9.65 Å². The fraction of sp³-hybridized carbons (Fsp3) is 0.238. The summed E-state index contributed by atoms with van der Waals surface area (Å²) in [5.41, 5.74) is 10.2. The van der Waals surface area contributed by atoms with E-state index in [0.29, 0.717) is 30.0 Å². The molecule has 1 aromatic heterocycles. The summed E-state index contributed by atoms with van der Waals surface area (Å²) in [5.74, 6) is -0.150. The van der Waals surface area contributed by atoms with Gasteiger partial charge >= 0.3 is 0 Å². The van der Waals surface area contributed by atoms with Gasteiger partial charge in [0.2, 0.25) is 0 Å². The molecule has 1 fully saturated rings. The molecular formula is C21H19FN4O. The number of aromatic nitrogens is 1. The van der Waals surface area contributed by atoms with Crippen LogP contribution in [0.5, 0.6) is 0 Å². The summed E-state index contributed by atoms with van der Waals surface area (Å²) in [6.45, 7) is 1.29. The second-order valence-electron chi connectivity index (χ2n) is 6.71. The molecule has 136 valence electrons. The van der Waals surface area contributed by atoms with Crippen molar-refractivity contribution in [3.8, 4) is 11.8 Å². The number of hydrogen-bond acceptors (Lipinski definition) is 4. The molecule has 0 radical (unpaired) electrons. The molecule has 0 saturated carbocycles. The van der Waals surface area contributed by atoms with Crippen molar-refractivity contribution < 1.29 is 9.13 Å². The van der Waals surface area contributed by atoms with Crippen LogP contribution in [-0.4, -0.2) is 24.0 Å². The Hall–Kier alpha value is -3.17. The molecule has 0 bridgehead atoms. The van der Waals surface area contributed by atoms with Gasteiger partial charge < -0.3 is 20.4 Å². The van der Waals surface area contributed by atoms with Crippen molar-refractivity contribution in [1.82, 2.24) is 4.57 Å². The molecule has 3 aromatic rings. The predicted octanol–water partition coefficient (Wildman–Crippen LogP) is 4.12. The van der Waals surface area contributed by atoms with Crippen LogP contribution in [-0.2, 0) is 4.74 Å². The van der Waals surface area contributed by atoms with E-state index in [1.54, 1.807) is 18.2 Å². The van der Waals surface area contributed by atoms with Crippen molar-refractivity contribution in [3.05, 3.63) is 59.0 Å². The largest absolute Gasteiger partial charge is 0.398 e. The highest BCUT2D eigenvalue weighted by molar-refractivity contribution is 5.98. The summed E-state index contributed by atoms with van der Waals surface area (Å²) in [5, 5.41) is 18.3. The van der Waals surface area contributed by atoms with Gasteiger partial charge in [-0.25, -0.2) is 4.39 Å². The standard InChI is InChI=1S/C21H19FN4O/c22-15-1-3-16(4-2-15)26-20-9-14(11-23)19(25)10-17(20)18(12-24)21(26)13-5-7-27-8-6-13/h1-4,9-11,13,23H,5-8,25H2. The topological polar surface area (TPSA) is 87.8 Å². The van der Waals surface area contributed by atoms with Crippen molar-refractivity contribution in [3.63, 3.8) is 0 Å². The zero-order valence-corrected chi connectivity index (χ0v) is 14.7. The highest BCUT2D eigenvalue weighted by atomic mass is 19.1. The quantitative estimate of drug-likeness (QED) is 0.543. The molecule has 0 unspecified atom stereocenters. The molecule has 0 amide bonds. The third-order valence-corrected chi connectivity index (χ3v) is 5.17. The molecule has 4 rings (SSSR count). The van der Waals surface area contributed by atoms with E-state index < -0.39 is 0 Å². The lowest BCUT2D eigenvalue weighted by Gasteiger charge is -2.24. The zero-order valence-electron chi connectivity index (χ0n) is 14.7. The second-order valence-corrected chi connectivity index (χ2v) is 6.71. The SMILES string of the molecule is N#Cc1c(C2CCOCC2)n(-c2ccc(F)cc2)c2cc(C=N)c(N)cc12. The summed E-state index contributed by atoms with van der Waals surface area (Å²) in [6, 6.07) is 12.2. The van der Waals surface area contributed by atoms with Gasteiger partial charge in [0.1, 0.15) is 11.9 Å². The number of nitrogens with zero attached hydrogens (tertiary/aromatic N) is 2. The van der Waals surface area contributed by atoms with Gasteiger partial charge in [-0.3, -0.25) is 0 Å². The average molecular weight is 362 g/mol. The number of anilines is 1. The number of nitrogens with one attached hydrogen (secondary N) is 1. The Balaban J connectivity index is 2.08. The Labute approximate surface area is 156 Å². The molecule has 2 heterocycles. The molecule has 0 spiro atoms. The van der Waals surface area contributed by atoms with Crippen LogP contribution in [0.2, 0.25) is 0 Å². The van der Waals surface area contributed by atoms with Gasteiger partial charge in [0, 0.05) is 53.4 Å². The van der Waals surface area contributed by atoms with Gasteiger partial charge in [0.05, 0.1) is 11.1 Å². The van der Waals surface area contributed by atoms with E-state index in [1.807, 2.05) is 10.6 Å².